The molecule has 5 fully saturated rings. The maximum atomic E-state index is 12.7. The molecule has 3 unspecified atom stereocenters. The lowest BCUT2D eigenvalue weighted by molar-refractivity contribution is -0.138. The van der Waals surface area contributed by atoms with E-state index in [1.807, 2.05) is 0 Å². The number of nitrogens with zero attached hydrogens (tertiary/aromatic N) is 2. The molecular weight excluding hydrogens is 384 g/mol. The van der Waals surface area contributed by atoms with Crippen LogP contribution in [0.15, 0.2) is 5.16 Å². The number of Topliss-reactive ketones (excluding diaryl/α,β-unsaturated/α-hetero) is 1. The van der Waals surface area contributed by atoms with E-state index in [0.717, 1.165) is 37.8 Å². The van der Waals surface area contributed by atoms with E-state index in [0.29, 0.717) is 41.4 Å². The lowest BCUT2D eigenvalue weighted by Gasteiger charge is -2.62. The Morgan fingerprint density at radius 3 is 2.52 bits per heavy atom. The second-order valence-electron chi connectivity index (χ2n) is 11.3. The van der Waals surface area contributed by atoms with Crippen LogP contribution in [0.25, 0.3) is 0 Å². The fraction of sp³-hybridized carbons (Fsp3) is 0.917. The van der Waals surface area contributed by atoms with Crippen LogP contribution in [0.4, 0.5) is 0 Å². The summed E-state index contributed by atoms with van der Waals surface area (Å²) in [7, 11) is 0. The Kier molecular flexibility index (Phi) is 5.60. The Morgan fingerprint density at radius 2 is 1.83 bits per heavy atom. The van der Waals surface area contributed by atoms with Crippen LogP contribution in [0.3, 0.4) is 0 Å². The second kappa shape index (κ2) is 7.51. The van der Waals surface area contributed by atoms with Gasteiger partial charge < -0.3 is 5.21 Å². The minimum absolute atomic E-state index is 0. The summed E-state index contributed by atoms with van der Waals surface area (Å²) in [4.78, 5) is 15.4. The standard InChI is InChI=1S/C24H38N2O2.ClH/c1-15-12-16-13-17(26-10-4-5-11-26)14-20(25-28)24(16,3)19-8-9-23(2)18(22(15)19)6-7-21(23)27;/h15-19,22,28H,4-14H2,1-3H3;1H/t15?,16?,17?,18-,19+,22-,23-,24-;/m0./s1. The quantitative estimate of drug-likeness (QED) is 0.468. The van der Waals surface area contributed by atoms with Gasteiger partial charge in [-0.1, -0.05) is 25.9 Å². The summed E-state index contributed by atoms with van der Waals surface area (Å²) < 4.78 is 0. The predicted octanol–water partition coefficient (Wildman–Crippen LogP) is 5.17. The molecule has 4 aliphatic carbocycles. The first-order valence-electron chi connectivity index (χ1n) is 11.9. The number of likely N-dealkylation sites (tertiary alicyclic amines) is 1. The summed E-state index contributed by atoms with van der Waals surface area (Å²) in [5, 5.41) is 14.1. The number of hydrogen-bond donors (Lipinski definition) is 1. The molecule has 1 saturated heterocycles. The fourth-order valence-electron chi connectivity index (χ4n) is 8.79. The highest BCUT2D eigenvalue weighted by Gasteiger charge is 2.63. The molecule has 5 heteroatoms. The zero-order valence-electron chi connectivity index (χ0n) is 18.4. The van der Waals surface area contributed by atoms with Gasteiger partial charge >= 0.3 is 0 Å². The molecule has 0 aromatic rings. The Balaban J connectivity index is 0.00000205. The SMILES string of the molecule is CC1CC2CC(N3CCCC3)CC(=NO)[C@]2(C)[C@@H]2CC[C@]3(C)C(=O)CC[C@H]3[C@H]12.Cl. The third-order valence-corrected chi connectivity index (χ3v) is 10.4. The highest BCUT2D eigenvalue weighted by Crippen LogP contribution is 2.66. The number of rotatable bonds is 1. The van der Waals surface area contributed by atoms with Crippen LogP contribution in [0.1, 0.15) is 78.6 Å². The average Bonchev–Trinajstić information content (AvgIpc) is 3.31. The Bertz CT molecular complexity index is 690. The van der Waals surface area contributed by atoms with Gasteiger partial charge in [0.1, 0.15) is 5.78 Å². The molecule has 0 radical (unpaired) electrons. The van der Waals surface area contributed by atoms with E-state index >= 15 is 0 Å². The molecule has 5 rings (SSSR count). The molecule has 0 bridgehead atoms. The van der Waals surface area contributed by atoms with Crippen LogP contribution in [-0.2, 0) is 4.79 Å². The van der Waals surface area contributed by atoms with Gasteiger partial charge in [-0.15, -0.1) is 12.4 Å². The van der Waals surface area contributed by atoms with Gasteiger partial charge in [-0.25, -0.2) is 0 Å². The van der Waals surface area contributed by atoms with Crippen molar-refractivity contribution in [2.45, 2.75) is 84.6 Å². The molecule has 164 valence electrons. The van der Waals surface area contributed by atoms with E-state index in [2.05, 4.69) is 30.8 Å². The van der Waals surface area contributed by atoms with Gasteiger partial charge in [0.25, 0.3) is 0 Å². The number of fused-ring (bicyclic) bond motifs is 5. The molecule has 8 atom stereocenters. The molecular formula is C24H39ClN2O2. The second-order valence-corrected chi connectivity index (χ2v) is 11.3. The van der Waals surface area contributed by atoms with Crippen molar-refractivity contribution in [3.8, 4) is 0 Å². The van der Waals surface area contributed by atoms with Gasteiger partial charge in [0.15, 0.2) is 0 Å². The van der Waals surface area contributed by atoms with E-state index in [1.54, 1.807) is 0 Å². The van der Waals surface area contributed by atoms with E-state index in [1.165, 1.54) is 38.8 Å². The molecule has 4 nitrogen and oxygen atoms in total. The first-order chi connectivity index (χ1) is 13.4. The van der Waals surface area contributed by atoms with Gasteiger partial charge in [-0.05, 0) is 87.6 Å². The van der Waals surface area contributed by atoms with Gasteiger partial charge in [0.05, 0.1) is 5.71 Å². The average molecular weight is 423 g/mol. The van der Waals surface area contributed by atoms with Crippen LogP contribution in [0.2, 0.25) is 0 Å². The zero-order chi connectivity index (χ0) is 19.7. The number of oxime groups is 1. The number of hydrogen-bond acceptors (Lipinski definition) is 4. The van der Waals surface area contributed by atoms with Crippen molar-refractivity contribution in [2.24, 2.45) is 45.6 Å². The number of halogens is 1. The molecule has 0 aromatic carbocycles. The lowest BCUT2D eigenvalue weighted by Crippen LogP contribution is -2.61. The van der Waals surface area contributed by atoms with Crippen LogP contribution in [0, 0.1) is 40.4 Å². The number of ketones is 1. The highest BCUT2D eigenvalue weighted by atomic mass is 35.5. The molecule has 0 spiro atoms. The molecule has 29 heavy (non-hydrogen) atoms. The van der Waals surface area contributed by atoms with Crippen molar-refractivity contribution in [1.29, 1.82) is 0 Å². The number of carbonyl (C=O) groups is 1. The summed E-state index contributed by atoms with van der Waals surface area (Å²) in [6.45, 7) is 9.58. The Hall–Kier alpha value is -0.610. The molecule has 5 aliphatic rings. The van der Waals surface area contributed by atoms with Crippen molar-refractivity contribution >= 4 is 23.9 Å². The van der Waals surface area contributed by atoms with Crippen molar-refractivity contribution in [2.75, 3.05) is 13.1 Å². The highest BCUT2D eigenvalue weighted by molar-refractivity contribution is 5.92. The van der Waals surface area contributed by atoms with Crippen molar-refractivity contribution in [3.63, 3.8) is 0 Å². The van der Waals surface area contributed by atoms with Crippen molar-refractivity contribution in [3.05, 3.63) is 0 Å². The predicted molar refractivity (Wildman–Crippen MR) is 118 cm³/mol. The van der Waals surface area contributed by atoms with E-state index in [4.69, 9.17) is 0 Å². The third-order valence-electron chi connectivity index (χ3n) is 10.4. The molecule has 4 saturated carbocycles. The summed E-state index contributed by atoms with van der Waals surface area (Å²) in [6, 6.07) is 0.567. The van der Waals surface area contributed by atoms with Gasteiger partial charge in [0, 0.05) is 29.7 Å². The summed E-state index contributed by atoms with van der Waals surface area (Å²) in [5.74, 6) is 3.56. The topological polar surface area (TPSA) is 52.9 Å². The zero-order valence-corrected chi connectivity index (χ0v) is 19.2. The van der Waals surface area contributed by atoms with Crippen molar-refractivity contribution < 1.29 is 10.0 Å². The summed E-state index contributed by atoms with van der Waals surface area (Å²) >= 11 is 0. The molecule has 1 heterocycles. The maximum Gasteiger partial charge on any atom is 0.139 e. The minimum atomic E-state index is -0.0815. The normalized spacial score (nSPS) is 51.3. The maximum absolute atomic E-state index is 12.7. The van der Waals surface area contributed by atoms with E-state index in [9.17, 15) is 10.0 Å². The van der Waals surface area contributed by atoms with Crippen molar-refractivity contribution in [1.82, 2.24) is 4.90 Å². The molecule has 1 aliphatic heterocycles. The Labute approximate surface area is 182 Å². The fourth-order valence-corrected chi connectivity index (χ4v) is 8.79. The first kappa shape index (κ1) is 21.6. The van der Waals surface area contributed by atoms with E-state index in [-0.39, 0.29) is 23.2 Å². The van der Waals surface area contributed by atoms with Gasteiger partial charge in [-0.3, -0.25) is 9.69 Å². The largest absolute Gasteiger partial charge is 0.411 e. The monoisotopic (exact) mass is 422 g/mol. The van der Waals surface area contributed by atoms with Gasteiger partial charge in [0.2, 0.25) is 0 Å². The third kappa shape index (κ3) is 2.95. The molecule has 0 amide bonds. The number of carbonyl (C=O) groups excluding carboxylic acids is 1. The van der Waals surface area contributed by atoms with Gasteiger partial charge in [-0.2, -0.15) is 0 Å². The summed E-state index contributed by atoms with van der Waals surface area (Å²) in [5.41, 5.74) is 1.02. The van der Waals surface area contributed by atoms with Crippen LogP contribution in [0.5, 0.6) is 0 Å². The van der Waals surface area contributed by atoms with Crippen LogP contribution < -0.4 is 0 Å². The lowest BCUT2D eigenvalue weighted by atomic mass is 9.42. The minimum Gasteiger partial charge on any atom is -0.411 e. The molecule has 0 aromatic heterocycles. The van der Waals surface area contributed by atoms with E-state index < -0.39 is 0 Å². The Morgan fingerprint density at radius 1 is 1.10 bits per heavy atom. The molecule has 1 N–H and O–H groups in total. The first-order valence-corrected chi connectivity index (χ1v) is 11.9. The smallest absolute Gasteiger partial charge is 0.139 e. The van der Waals surface area contributed by atoms with Crippen LogP contribution >= 0.6 is 12.4 Å². The summed E-state index contributed by atoms with van der Waals surface area (Å²) in [6.07, 6.45) is 10.1. The van der Waals surface area contributed by atoms with Crippen LogP contribution in [-0.4, -0.2) is 40.7 Å².